The SMILES string of the molecule is CCCCOc1cc(C=O)ccc1O. The molecule has 76 valence electrons. The van der Waals surface area contributed by atoms with Crippen molar-refractivity contribution in [3.8, 4) is 11.5 Å². The lowest BCUT2D eigenvalue weighted by Crippen LogP contribution is -1.97. The first-order valence-electron chi connectivity index (χ1n) is 4.69. The summed E-state index contributed by atoms with van der Waals surface area (Å²) in [6.07, 6.45) is 2.70. The summed E-state index contributed by atoms with van der Waals surface area (Å²) in [5.74, 6) is 0.453. The van der Waals surface area contributed by atoms with Gasteiger partial charge < -0.3 is 9.84 Å². The molecule has 1 aromatic rings. The Morgan fingerprint density at radius 2 is 2.29 bits per heavy atom. The Bertz CT molecular complexity index is 307. The van der Waals surface area contributed by atoms with Crippen LogP contribution in [0.2, 0.25) is 0 Å². The Kier molecular flexibility index (Phi) is 3.98. The molecular weight excluding hydrogens is 180 g/mol. The van der Waals surface area contributed by atoms with Crippen molar-refractivity contribution < 1.29 is 14.6 Å². The van der Waals surface area contributed by atoms with Gasteiger partial charge in [0.1, 0.15) is 6.29 Å². The molecule has 0 saturated heterocycles. The molecule has 0 aliphatic rings. The molecule has 0 unspecified atom stereocenters. The third-order valence-corrected chi connectivity index (χ3v) is 1.88. The van der Waals surface area contributed by atoms with Crippen molar-refractivity contribution in [2.24, 2.45) is 0 Å². The van der Waals surface area contributed by atoms with Crippen LogP contribution in [0.3, 0.4) is 0 Å². The molecule has 0 heterocycles. The predicted molar refractivity (Wildman–Crippen MR) is 53.9 cm³/mol. The average molecular weight is 194 g/mol. The van der Waals surface area contributed by atoms with Crippen LogP contribution >= 0.6 is 0 Å². The van der Waals surface area contributed by atoms with Gasteiger partial charge in [0.15, 0.2) is 11.5 Å². The van der Waals surface area contributed by atoms with E-state index in [-0.39, 0.29) is 5.75 Å². The number of aromatic hydroxyl groups is 1. The Morgan fingerprint density at radius 1 is 1.50 bits per heavy atom. The number of phenolic OH excluding ortho intramolecular Hbond substituents is 1. The monoisotopic (exact) mass is 194 g/mol. The Morgan fingerprint density at radius 3 is 2.93 bits per heavy atom. The maximum Gasteiger partial charge on any atom is 0.161 e. The largest absolute Gasteiger partial charge is 0.504 e. The van der Waals surface area contributed by atoms with Gasteiger partial charge in [-0.3, -0.25) is 4.79 Å². The van der Waals surface area contributed by atoms with E-state index in [1.165, 1.54) is 12.1 Å². The van der Waals surface area contributed by atoms with Crippen molar-refractivity contribution in [3.63, 3.8) is 0 Å². The maximum absolute atomic E-state index is 10.5. The molecule has 0 aliphatic carbocycles. The van der Waals surface area contributed by atoms with Gasteiger partial charge in [0, 0.05) is 5.56 Å². The topological polar surface area (TPSA) is 46.5 Å². The zero-order valence-electron chi connectivity index (χ0n) is 8.19. The zero-order chi connectivity index (χ0) is 10.4. The molecule has 14 heavy (non-hydrogen) atoms. The number of rotatable bonds is 5. The minimum atomic E-state index is 0.0757. The molecule has 0 spiro atoms. The van der Waals surface area contributed by atoms with E-state index in [4.69, 9.17) is 4.74 Å². The number of carbonyl (C=O) groups is 1. The molecule has 0 bridgehead atoms. The predicted octanol–water partition coefficient (Wildman–Crippen LogP) is 2.38. The Hall–Kier alpha value is -1.51. The van der Waals surface area contributed by atoms with Gasteiger partial charge in [0.25, 0.3) is 0 Å². The highest BCUT2D eigenvalue weighted by Gasteiger charge is 2.02. The van der Waals surface area contributed by atoms with E-state index in [0.717, 1.165) is 19.1 Å². The molecule has 0 fully saturated rings. The van der Waals surface area contributed by atoms with Crippen molar-refractivity contribution >= 4 is 6.29 Å². The van der Waals surface area contributed by atoms with Crippen molar-refractivity contribution in [1.29, 1.82) is 0 Å². The highest BCUT2D eigenvalue weighted by atomic mass is 16.5. The van der Waals surface area contributed by atoms with Crippen LogP contribution < -0.4 is 4.74 Å². The van der Waals surface area contributed by atoms with E-state index >= 15 is 0 Å². The second-order valence-corrected chi connectivity index (χ2v) is 3.05. The number of hydrogen-bond acceptors (Lipinski definition) is 3. The van der Waals surface area contributed by atoms with Crippen molar-refractivity contribution in [2.45, 2.75) is 19.8 Å². The lowest BCUT2D eigenvalue weighted by Gasteiger charge is -2.07. The highest BCUT2D eigenvalue weighted by molar-refractivity contribution is 5.76. The number of unbranched alkanes of at least 4 members (excludes halogenated alkanes) is 1. The number of hydrogen-bond donors (Lipinski definition) is 1. The zero-order valence-corrected chi connectivity index (χ0v) is 8.19. The molecule has 1 N–H and O–H groups in total. The normalized spacial score (nSPS) is 9.79. The molecule has 0 amide bonds. The Labute approximate surface area is 83.3 Å². The molecule has 3 nitrogen and oxygen atoms in total. The van der Waals surface area contributed by atoms with Gasteiger partial charge in [0.05, 0.1) is 6.61 Å². The molecule has 1 aromatic carbocycles. The summed E-state index contributed by atoms with van der Waals surface area (Å²) in [5.41, 5.74) is 0.509. The van der Waals surface area contributed by atoms with Gasteiger partial charge in [0.2, 0.25) is 0 Å². The lowest BCUT2D eigenvalue weighted by molar-refractivity contribution is 0.112. The third kappa shape index (κ3) is 2.76. The maximum atomic E-state index is 10.5. The molecule has 3 heteroatoms. The first kappa shape index (κ1) is 10.6. The van der Waals surface area contributed by atoms with E-state index in [1.54, 1.807) is 6.07 Å². The van der Waals surface area contributed by atoms with E-state index < -0.39 is 0 Å². The fourth-order valence-electron chi connectivity index (χ4n) is 1.05. The minimum absolute atomic E-state index is 0.0757. The van der Waals surface area contributed by atoms with Crippen molar-refractivity contribution in [3.05, 3.63) is 23.8 Å². The fourth-order valence-corrected chi connectivity index (χ4v) is 1.05. The summed E-state index contributed by atoms with van der Waals surface area (Å²) in [6, 6.07) is 4.55. The number of aldehydes is 1. The molecule has 1 rings (SSSR count). The van der Waals surface area contributed by atoms with E-state index in [1.807, 2.05) is 0 Å². The van der Waals surface area contributed by atoms with Gasteiger partial charge in [-0.15, -0.1) is 0 Å². The van der Waals surface area contributed by atoms with Crippen LogP contribution in [0, 0.1) is 0 Å². The van der Waals surface area contributed by atoms with Gasteiger partial charge in [-0.25, -0.2) is 0 Å². The number of ether oxygens (including phenoxy) is 1. The second-order valence-electron chi connectivity index (χ2n) is 3.05. The van der Waals surface area contributed by atoms with Gasteiger partial charge in [-0.2, -0.15) is 0 Å². The van der Waals surface area contributed by atoms with Crippen LogP contribution in [0.4, 0.5) is 0 Å². The molecule has 0 atom stereocenters. The lowest BCUT2D eigenvalue weighted by atomic mass is 10.2. The van der Waals surface area contributed by atoms with Gasteiger partial charge in [-0.05, 0) is 24.6 Å². The first-order valence-corrected chi connectivity index (χ1v) is 4.69. The quantitative estimate of drug-likeness (QED) is 0.578. The van der Waals surface area contributed by atoms with Crippen LogP contribution in [0.5, 0.6) is 11.5 Å². The second kappa shape index (κ2) is 5.27. The van der Waals surface area contributed by atoms with Crippen LogP contribution in [-0.4, -0.2) is 18.0 Å². The molecule has 0 aromatic heterocycles. The molecular formula is C11H14O3. The molecule has 0 saturated carbocycles. The summed E-state index contributed by atoms with van der Waals surface area (Å²) in [4.78, 5) is 10.5. The summed E-state index contributed by atoms with van der Waals surface area (Å²) >= 11 is 0. The number of benzene rings is 1. The van der Waals surface area contributed by atoms with Gasteiger partial charge >= 0.3 is 0 Å². The van der Waals surface area contributed by atoms with Crippen LogP contribution in [-0.2, 0) is 0 Å². The third-order valence-electron chi connectivity index (χ3n) is 1.88. The summed E-state index contributed by atoms with van der Waals surface area (Å²) < 4.78 is 5.31. The Balaban J connectivity index is 2.68. The summed E-state index contributed by atoms with van der Waals surface area (Å²) in [6.45, 7) is 2.62. The summed E-state index contributed by atoms with van der Waals surface area (Å²) in [7, 11) is 0. The van der Waals surface area contributed by atoms with Crippen LogP contribution in [0.25, 0.3) is 0 Å². The number of phenols is 1. The molecule has 0 radical (unpaired) electrons. The van der Waals surface area contributed by atoms with Crippen molar-refractivity contribution in [1.82, 2.24) is 0 Å². The smallest absolute Gasteiger partial charge is 0.161 e. The highest BCUT2D eigenvalue weighted by Crippen LogP contribution is 2.26. The fraction of sp³-hybridized carbons (Fsp3) is 0.364. The first-order chi connectivity index (χ1) is 6.77. The van der Waals surface area contributed by atoms with E-state index in [0.29, 0.717) is 17.9 Å². The van der Waals surface area contributed by atoms with Crippen LogP contribution in [0.15, 0.2) is 18.2 Å². The van der Waals surface area contributed by atoms with Crippen molar-refractivity contribution in [2.75, 3.05) is 6.61 Å². The molecule has 0 aliphatic heterocycles. The average Bonchev–Trinajstić information content (AvgIpc) is 2.21. The van der Waals surface area contributed by atoms with Crippen LogP contribution in [0.1, 0.15) is 30.1 Å². The minimum Gasteiger partial charge on any atom is -0.504 e. The number of carbonyl (C=O) groups excluding carboxylic acids is 1. The summed E-state index contributed by atoms with van der Waals surface area (Å²) in [5, 5.41) is 9.39. The van der Waals surface area contributed by atoms with Gasteiger partial charge in [-0.1, -0.05) is 13.3 Å². The van der Waals surface area contributed by atoms with E-state index in [2.05, 4.69) is 6.92 Å². The van der Waals surface area contributed by atoms with E-state index in [9.17, 15) is 9.90 Å². The standard InChI is InChI=1S/C11H14O3/c1-2-3-6-14-11-7-9(8-12)4-5-10(11)13/h4-5,7-8,13H,2-3,6H2,1H3.